The van der Waals surface area contributed by atoms with Crippen molar-refractivity contribution in [1.29, 1.82) is 0 Å². The summed E-state index contributed by atoms with van der Waals surface area (Å²) in [5.41, 5.74) is -1.17. The second-order valence-electron chi connectivity index (χ2n) is 7.01. The minimum absolute atomic E-state index is 0.0605. The summed E-state index contributed by atoms with van der Waals surface area (Å²) in [6.07, 6.45) is -1.07. The van der Waals surface area contributed by atoms with E-state index >= 15 is 0 Å². The number of halogens is 4. The lowest BCUT2D eigenvalue weighted by Crippen LogP contribution is -2.28. The van der Waals surface area contributed by atoms with Crippen molar-refractivity contribution in [1.82, 2.24) is 0 Å². The van der Waals surface area contributed by atoms with Gasteiger partial charge in [-0.15, -0.1) is 0 Å². The molecule has 7 nitrogen and oxygen atoms in total. The van der Waals surface area contributed by atoms with Crippen LogP contribution in [0.1, 0.15) is 17.0 Å². The van der Waals surface area contributed by atoms with E-state index in [-0.39, 0.29) is 39.2 Å². The smallest absolute Gasteiger partial charge is 0.344 e. The monoisotopic (exact) mass is 690 g/mol. The first-order valence-corrected chi connectivity index (χ1v) is 12.2. The molecule has 0 amide bonds. The van der Waals surface area contributed by atoms with Crippen LogP contribution in [0.4, 0.5) is 0 Å². The van der Waals surface area contributed by atoms with Gasteiger partial charge >= 0.3 is 11.3 Å². The molecule has 2 atom stereocenters. The molecule has 0 radical (unpaired) electrons. The lowest BCUT2D eigenvalue weighted by atomic mass is 9.92. The average Bonchev–Trinajstić information content (AvgIpc) is 3.10. The molecule has 1 N–H and O–H groups in total. The third-order valence-corrected chi connectivity index (χ3v) is 7.30. The number of benzene rings is 2. The van der Waals surface area contributed by atoms with Gasteiger partial charge < -0.3 is 23.4 Å². The molecule has 3 heterocycles. The minimum Gasteiger partial charge on any atom is -0.507 e. The van der Waals surface area contributed by atoms with Gasteiger partial charge in [0.15, 0.2) is 11.2 Å². The number of hydrogen-bond acceptors (Lipinski definition) is 7. The molecular formula is C21H10Br4O7. The molecule has 0 saturated carbocycles. The van der Waals surface area contributed by atoms with Gasteiger partial charge in [-0.05, 0) is 56.1 Å². The van der Waals surface area contributed by atoms with Gasteiger partial charge in [0.05, 0.1) is 36.8 Å². The van der Waals surface area contributed by atoms with Crippen LogP contribution >= 0.6 is 63.7 Å². The maximum atomic E-state index is 13.0. The summed E-state index contributed by atoms with van der Waals surface area (Å²) in [5, 5.41) is 11.9. The number of fused-ring (bicyclic) bond motifs is 4. The van der Waals surface area contributed by atoms with Crippen molar-refractivity contribution in [3.05, 3.63) is 74.1 Å². The van der Waals surface area contributed by atoms with E-state index < -0.39 is 23.5 Å². The van der Waals surface area contributed by atoms with Crippen LogP contribution in [0.15, 0.2) is 60.6 Å². The maximum absolute atomic E-state index is 13.0. The number of aromatic hydroxyl groups is 1. The standard InChI is InChI=1S/C21H10Br4O7/c1-29-21-12(13-15(26)8-2-6(22)4-10(24)16(8)30-19(13)27)14-18(32-21)9-3-7(23)5-11(25)17(9)31-20(14)28/h2-5,12,21,26H,1H3. The van der Waals surface area contributed by atoms with E-state index in [1.165, 1.54) is 7.11 Å². The summed E-state index contributed by atoms with van der Waals surface area (Å²) >= 11 is 13.5. The fourth-order valence-electron chi connectivity index (χ4n) is 3.90. The largest absolute Gasteiger partial charge is 0.507 e. The zero-order chi connectivity index (χ0) is 22.9. The second kappa shape index (κ2) is 7.98. The topological polar surface area (TPSA) is 99.1 Å². The lowest BCUT2D eigenvalue weighted by Gasteiger charge is -2.18. The van der Waals surface area contributed by atoms with Crippen LogP contribution in [0.25, 0.3) is 21.9 Å². The second-order valence-corrected chi connectivity index (χ2v) is 10.6. The normalized spacial score (nSPS) is 17.7. The molecule has 0 aliphatic carbocycles. The number of hydrogen-bond donors (Lipinski definition) is 1. The van der Waals surface area contributed by atoms with Crippen LogP contribution in [0.3, 0.4) is 0 Å². The minimum atomic E-state index is -1.08. The van der Waals surface area contributed by atoms with Gasteiger partial charge in [0.2, 0.25) is 6.29 Å². The zero-order valence-corrected chi connectivity index (χ0v) is 22.2. The Labute approximate surface area is 212 Å². The summed E-state index contributed by atoms with van der Waals surface area (Å²) < 4.78 is 24.9. The van der Waals surface area contributed by atoms with E-state index in [2.05, 4.69) is 63.7 Å². The van der Waals surface area contributed by atoms with Crippen LogP contribution in [0.2, 0.25) is 0 Å². The predicted molar refractivity (Wildman–Crippen MR) is 131 cm³/mol. The highest BCUT2D eigenvalue weighted by atomic mass is 79.9. The van der Waals surface area contributed by atoms with E-state index in [0.29, 0.717) is 18.8 Å². The molecule has 2 aromatic heterocycles. The van der Waals surface area contributed by atoms with Crippen molar-refractivity contribution < 1.29 is 23.4 Å². The van der Waals surface area contributed by atoms with Gasteiger partial charge in [-0.3, -0.25) is 0 Å². The van der Waals surface area contributed by atoms with Crippen molar-refractivity contribution in [3.8, 4) is 11.5 Å². The Balaban J connectivity index is 1.87. The Bertz CT molecular complexity index is 1560. The molecular weight excluding hydrogens is 684 g/mol. The molecule has 11 heteroatoms. The lowest BCUT2D eigenvalue weighted by molar-refractivity contribution is -0.0472. The van der Waals surface area contributed by atoms with Gasteiger partial charge in [0.1, 0.15) is 11.5 Å². The van der Waals surface area contributed by atoms with Crippen LogP contribution in [-0.4, -0.2) is 18.5 Å². The van der Waals surface area contributed by atoms with Crippen molar-refractivity contribution in [2.45, 2.75) is 12.2 Å². The van der Waals surface area contributed by atoms with E-state index in [9.17, 15) is 14.7 Å². The molecule has 32 heavy (non-hydrogen) atoms. The Morgan fingerprint density at radius 2 is 1.38 bits per heavy atom. The number of rotatable bonds is 2. The third-order valence-electron chi connectivity index (χ3n) is 5.21. The van der Waals surface area contributed by atoms with Crippen molar-refractivity contribution in [2.24, 2.45) is 0 Å². The first kappa shape index (κ1) is 22.1. The van der Waals surface area contributed by atoms with Gasteiger partial charge in [-0.1, -0.05) is 31.9 Å². The molecule has 0 spiro atoms. The summed E-state index contributed by atoms with van der Waals surface area (Å²) in [7, 11) is 1.38. The summed E-state index contributed by atoms with van der Waals surface area (Å²) in [4.78, 5) is 26.1. The molecule has 0 fully saturated rings. The fraction of sp³-hybridized carbons (Fsp3) is 0.143. The molecule has 4 aromatic rings. The van der Waals surface area contributed by atoms with E-state index in [1.807, 2.05) is 0 Å². The van der Waals surface area contributed by atoms with Crippen molar-refractivity contribution in [3.63, 3.8) is 0 Å². The van der Waals surface area contributed by atoms with Crippen LogP contribution in [0.5, 0.6) is 11.5 Å². The van der Waals surface area contributed by atoms with Crippen molar-refractivity contribution >= 4 is 85.7 Å². The Hall–Kier alpha value is -1.66. The van der Waals surface area contributed by atoms with E-state index in [0.717, 1.165) is 4.47 Å². The Morgan fingerprint density at radius 3 is 1.97 bits per heavy atom. The van der Waals surface area contributed by atoms with Crippen molar-refractivity contribution in [2.75, 3.05) is 7.11 Å². The number of ether oxygens (including phenoxy) is 2. The first-order valence-electron chi connectivity index (χ1n) is 9.01. The third kappa shape index (κ3) is 3.28. The molecule has 0 saturated heterocycles. The zero-order valence-electron chi connectivity index (χ0n) is 15.9. The van der Waals surface area contributed by atoms with Gasteiger partial charge in [-0.25, -0.2) is 9.59 Å². The maximum Gasteiger partial charge on any atom is 0.344 e. The van der Waals surface area contributed by atoms with Gasteiger partial charge in [-0.2, -0.15) is 0 Å². The molecule has 1 aliphatic rings. The van der Waals surface area contributed by atoms with E-state index in [1.54, 1.807) is 24.3 Å². The summed E-state index contributed by atoms with van der Waals surface area (Å²) in [6, 6.07) is 6.76. The SMILES string of the molecule is COC1Oc2c(c(=O)oc3c(Br)cc(Br)cc23)C1c1c(O)c2cc(Br)cc(Br)c2oc1=O. The molecule has 2 unspecified atom stereocenters. The predicted octanol–water partition coefficient (Wildman–Crippen LogP) is 6.15. The summed E-state index contributed by atoms with van der Waals surface area (Å²) in [6.45, 7) is 0. The highest BCUT2D eigenvalue weighted by Crippen LogP contribution is 2.48. The van der Waals surface area contributed by atoms with E-state index in [4.69, 9.17) is 18.3 Å². The fourth-order valence-corrected chi connectivity index (χ4v) is 6.51. The molecule has 0 bridgehead atoms. The number of methoxy groups -OCH3 is 1. The average molecular weight is 694 g/mol. The summed E-state index contributed by atoms with van der Waals surface area (Å²) in [5.74, 6) is -1.20. The van der Waals surface area contributed by atoms with Crippen LogP contribution in [0, 0.1) is 0 Å². The Morgan fingerprint density at radius 1 is 0.844 bits per heavy atom. The molecule has 2 aromatic carbocycles. The van der Waals surface area contributed by atoms with Crippen LogP contribution in [-0.2, 0) is 4.74 Å². The molecule has 5 rings (SSSR count). The van der Waals surface area contributed by atoms with Gasteiger partial charge in [0.25, 0.3) is 0 Å². The first-order chi connectivity index (χ1) is 15.2. The van der Waals surface area contributed by atoms with Crippen LogP contribution < -0.4 is 16.0 Å². The quantitative estimate of drug-likeness (QED) is 0.252. The van der Waals surface area contributed by atoms with Gasteiger partial charge in [0, 0.05) is 16.1 Å². The molecule has 164 valence electrons. The Kier molecular flexibility index (Phi) is 5.52. The highest BCUT2D eigenvalue weighted by molar-refractivity contribution is 9.11. The molecule has 1 aliphatic heterocycles. The highest BCUT2D eigenvalue weighted by Gasteiger charge is 2.44.